The molecule has 320 valence electrons. The fourth-order valence-corrected chi connectivity index (χ4v) is 14.2. The van der Waals surface area contributed by atoms with Crippen molar-refractivity contribution in [3.05, 3.63) is 249 Å². The Morgan fingerprint density at radius 3 is 1.51 bits per heavy atom. The summed E-state index contributed by atoms with van der Waals surface area (Å²) < 4.78 is 4.77. The van der Waals surface area contributed by atoms with Gasteiger partial charge in [0.25, 0.3) is 0 Å². The molecule has 0 saturated carbocycles. The summed E-state index contributed by atoms with van der Waals surface area (Å²) in [6.45, 7) is 2.46. The van der Waals surface area contributed by atoms with Crippen molar-refractivity contribution >= 4 is 78.1 Å². The van der Waals surface area contributed by atoms with Crippen LogP contribution in [-0.4, -0.2) is 27.2 Å². The molecular formula is C63H44N4Si. The molecule has 0 fully saturated rings. The zero-order valence-corrected chi connectivity index (χ0v) is 38.5. The topological polar surface area (TPSA) is 35.6 Å². The van der Waals surface area contributed by atoms with Gasteiger partial charge >= 0.3 is 0 Å². The summed E-state index contributed by atoms with van der Waals surface area (Å²) in [6, 6.07) is 90.2. The monoisotopic (exact) mass is 884 g/mol. The number of aromatic nitrogens is 4. The molecule has 0 radical (unpaired) electrons. The van der Waals surface area contributed by atoms with Crippen LogP contribution in [0.25, 0.3) is 99.7 Å². The highest BCUT2D eigenvalue weighted by molar-refractivity contribution is 7.10. The first-order valence-corrected chi connectivity index (χ1v) is 25.8. The Morgan fingerprint density at radius 2 is 0.809 bits per heavy atom. The van der Waals surface area contributed by atoms with Gasteiger partial charge in [-0.3, -0.25) is 0 Å². The van der Waals surface area contributed by atoms with Crippen LogP contribution in [-0.2, 0) is 0 Å². The first kappa shape index (κ1) is 39.7. The van der Waals surface area contributed by atoms with Crippen molar-refractivity contribution in [2.24, 2.45) is 0 Å². The zero-order valence-electron chi connectivity index (χ0n) is 37.5. The van der Waals surface area contributed by atoms with Crippen LogP contribution < -0.4 is 15.6 Å². The van der Waals surface area contributed by atoms with Crippen LogP contribution >= 0.6 is 0 Å². The Morgan fingerprint density at radius 1 is 0.309 bits per heavy atom. The number of para-hydroxylation sites is 4. The summed E-state index contributed by atoms with van der Waals surface area (Å²) in [5.41, 5.74) is 13.3. The summed E-state index contributed by atoms with van der Waals surface area (Å²) in [7, 11) is -2.36. The van der Waals surface area contributed by atoms with Crippen molar-refractivity contribution in [2.75, 3.05) is 0 Å². The Kier molecular flexibility index (Phi) is 9.37. The highest BCUT2D eigenvalue weighted by atomic mass is 28.3. The molecule has 5 heteroatoms. The van der Waals surface area contributed by atoms with Crippen LogP contribution in [0.3, 0.4) is 0 Å². The zero-order chi connectivity index (χ0) is 45.2. The maximum absolute atomic E-state index is 5.39. The van der Waals surface area contributed by atoms with Gasteiger partial charge in [0, 0.05) is 49.4 Å². The van der Waals surface area contributed by atoms with Gasteiger partial charge < -0.3 is 9.13 Å². The molecule has 3 aromatic heterocycles. The van der Waals surface area contributed by atoms with Gasteiger partial charge in [-0.1, -0.05) is 182 Å². The molecule has 3 heterocycles. The number of fused-ring (bicyclic) bond motifs is 7. The average Bonchev–Trinajstić information content (AvgIpc) is 3.93. The number of nitrogens with zero attached hydrogens (tertiary/aromatic N) is 4. The van der Waals surface area contributed by atoms with Crippen LogP contribution in [0.1, 0.15) is 0 Å². The van der Waals surface area contributed by atoms with Gasteiger partial charge in [-0.25, -0.2) is 9.97 Å². The molecule has 0 bridgehead atoms. The number of benzene rings is 10. The van der Waals surface area contributed by atoms with Gasteiger partial charge in [-0.05, 0) is 99.5 Å². The lowest BCUT2D eigenvalue weighted by Crippen LogP contribution is -2.64. The smallest absolute Gasteiger partial charge is 0.160 e. The minimum atomic E-state index is -2.36. The quantitative estimate of drug-likeness (QED) is 0.113. The second kappa shape index (κ2) is 16.1. The molecule has 0 aliphatic rings. The molecule has 0 spiro atoms. The second-order valence-corrected chi connectivity index (χ2v) is 21.9. The minimum Gasteiger partial charge on any atom is -0.309 e. The van der Waals surface area contributed by atoms with E-state index in [0.29, 0.717) is 5.82 Å². The third kappa shape index (κ3) is 6.43. The molecule has 13 rings (SSSR count). The molecule has 0 amide bonds. The third-order valence-corrected chi connectivity index (χ3v) is 18.5. The standard InChI is InChI=1S/C63H44N4Si/c1-68(49-21-7-3-8-22-49,50-23-9-4-10-24-50)51-25-17-18-46(40-51)62-55-28-11-14-29-57(55)64-63(65-62)43-32-36-48(37-33-43)66-59-31-16-13-27-53(59)56-41-44(35-39-60(56)66)45-34-38-54-52-26-12-15-30-58(52)67(61(54)42-45)47-19-5-2-6-20-47/h2-42H,1H3. The van der Waals surface area contributed by atoms with E-state index in [1.807, 2.05) is 0 Å². The van der Waals surface area contributed by atoms with Gasteiger partial charge in [0.2, 0.25) is 0 Å². The summed E-state index contributed by atoms with van der Waals surface area (Å²) in [5.74, 6) is 0.705. The SMILES string of the molecule is C[Si](c1ccccc1)(c1ccccc1)c1cccc(-c2nc(-c3ccc(-n4c5ccccc5c5cc(-c6ccc7c8ccccc8n(-c8ccccc8)c7c6)ccc54)cc3)nc3ccccc23)c1. The van der Waals surface area contributed by atoms with E-state index in [2.05, 4.69) is 264 Å². The van der Waals surface area contributed by atoms with Crippen LogP contribution in [0.2, 0.25) is 6.55 Å². The van der Waals surface area contributed by atoms with Crippen molar-refractivity contribution in [2.45, 2.75) is 6.55 Å². The van der Waals surface area contributed by atoms with Crippen molar-refractivity contribution in [3.63, 3.8) is 0 Å². The minimum absolute atomic E-state index is 0.705. The first-order chi connectivity index (χ1) is 33.6. The predicted molar refractivity (Wildman–Crippen MR) is 288 cm³/mol. The first-order valence-electron chi connectivity index (χ1n) is 23.3. The number of hydrogen-bond donors (Lipinski definition) is 0. The molecule has 13 aromatic rings. The van der Waals surface area contributed by atoms with E-state index in [9.17, 15) is 0 Å². The van der Waals surface area contributed by atoms with Gasteiger partial charge in [0.1, 0.15) is 8.07 Å². The maximum atomic E-state index is 5.39. The molecule has 0 aliphatic carbocycles. The average molecular weight is 885 g/mol. The van der Waals surface area contributed by atoms with E-state index in [1.54, 1.807) is 0 Å². The molecule has 0 unspecified atom stereocenters. The largest absolute Gasteiger partial charge is 0.309 e. The lowest BCUT2D eigenvalue weighted by molar-refractivity contribution is 1.17. The lowest BCUT2D eigenvalue weighted by atomic mass is 10.0. The summed E-state index contributed by atoms with van der Waals surface area (Å²) in [6.07, 6.45) is 0. The van der Waals surface area contributed by atoms with E-state index in [1.165, 1.54) is 59.3 Å². The molecule has 0 N–H and O–H groups in total. The van der Waals surface area contributed by atoms with E-state index in [4.69, 9.17) is 9.97 Å². The van der Waals surface area contributed by atoms with Gasteiger partial charge in [0.15, 0.2) is 5.82 Å². The number of hydrogen-bond acceptors (Lipinski definition) is 2. The van der Waals surface area contributed by atoms with E-state index in [0.717, 1.165) is 50.1 Å². The van der Waals surface area contributed by atoms with E-state index in [-0.39, 0.29) is 0 Å². The van der Waals surface area contributed by atoms with Crippen LogP contribution in [0.15, 0.2) is 249 Å². The summed E-state index contributed by atoms with van der Waals surface area (Å²) >= 11 is 0. The van der Waals surface area contributed by atoms with Crippen molar-refractivity contribution in [3.8, 4) is 45.1 Å². The van der Waals surface area contributed by atoms with Crippen LogP contribution in [0.4, 0.5) is 0 Å². The predicted octanol–water partition coefficient (Wildman–Crippen LogP) is 13.9. The van der Waals surface area contributed by atoms with Gasteiger partial charge in [0.05, 0.1) is 33.3 Å². The van der Waals surface area contributed by atoms with E-state index >= 15 is 0 Å². The second-order valence-electron chi connectivity index (χ2n) is 17.9. The molecular weight excluding hydrogens is 841 g/mol. The fraction of sp³-hybridized carbons (Fsp3) is 0.0159. The third-order valence-electron chi connectivity index (χ3n) is 14.1. The highest BCUT2D eigenvalue weighted by Crippen LogP contribution is 2.39. The maximum Gasteiger partial charge on any atom is 0.160 e. The molecule has 4 nitrogen and oxygen atoms in total. The van der Waals surface area contributed by atoms with Gasteiger partial charge in [-0.2, -0.15) is 0 Å². The molecule has 10 aromatic carbocycles. The summed E-state index contributed by atoms with van der Waals surface area (Å²) in [5, 5.41) is 10.1. The van der Waals surface area contributed by atoms with Crippen molar-refractivity contribution < 1.29 is 0 Å². The van der Waals surface area contributed by atoms with Gasteiger partial charge in [-0.15, -0.1) is 0 Å². The van der Waals surface area contributed by atoms with Crippen LogP contribution in [0.5, 0.6) is 0 Å². The Bertz CT molecular complexity index is 3990. The normalized spacial score (nSPS) is 11.9. The molecule has 0 atom stereocenters. The number of rotatable bonds is 8. The van der Waals surface area contributed by atoms with Crippen LogP contribution in [0, 0.1) is 0 Å². The van der Waals surface area contributed by atoms with E-state index < -0.39 is 8.07 Å². The molecule has 0 saturated heterocycles. The summed E-state index contributed by atoms with van der Waals surface area (Å²) in [4.78, 5) is 10.6. The lowest BCUT2D eigenvalue weighted by Gasteiger charge is -2.30. The van der Waals surface area contributed by atoms with Crippen molar-refractivity contribution in [1.29, 1.82) is 0 Å². The molecule has 68 heavy (non-hydrogen) atoms. The Balaban J connectivity index is 0.892. The van der Waals surface area contributed by atoms with Crippen molar-refractivity contribution in [1.82, 2.24) is 19.1 Å². The Labute approximate surface area is 395 Å². The Hall–Kier alpha value is -8.64. The molecule has 0 aliphatic heterocycles. The highest BCUT2D eigenvalue weighted by Gasteiger charge is 2.34. The fourth-order valence-electron chi connectivity index (χ4n) is 10.6.